The third-order valence-electron chi connectivity index (χ3n) is 4.51. The lowest BCUT2D eigenvalue weighted by molar-refractivity contribution is -0.122. The van der Waals surface area contributed by atoms with Gasteiger partial charge in [0, 0.05) is 13.7 Å². The smallest absolute Gasteiger partial charge is 0.226 e. The minimum absolute atomic E-state index is 0.210. The Bertz CT molecular complexity index is 593. The molecule has 0 aliphatic heterocycles. The van der Waals surface area contributed by atoms with Crippen LogP contribution in [0, 0.1) is 11.8 Å². The second kappa shape index (κ2) is 7.57. The summed E-state index contributed by atoms with van der Waals surface area (Å²) in [6, 6.07) is 10.0. The third kappa shape index (κ3) is 3.71. The number of hydrogen-bond donors (Lipinski definition) is 2. The van der Waals surface area contributed by atoms with Crippen LogP contribution in [0.25, 0.3) is 5.57 Å². The summed E-state index contributed by atoms with van der Waals surface area (Å²) in [5.74, 6) is -0.511. The molecule has 0 bridgehead atoms. The number of allylic oxidation sites excluding steroid dienone is 2. The number of hydrogen-bond acceptors (Lipinski definition) is 3. The zero-order valence-corrected chi connectivity index (χ0v) is 14.1. The first kappa shape index (κ1) is 17.4. The van der Waals surface area contributed by atoms with E-state index >= 15 is 0 Å². The predicted octanol–water partition coefficient (Wildman–Crippen LogP) is 2.37. The summed E-state index contributed by atoms with van der Waals surface area (Å²) < 4.78 is 5.13. The van der Waals surface area contributed by atoms with Crippen molar-refractivity contribution in [3.63, 3.8) is 0 Å². The van der Waals surface area contributed by atoms with Gasteiger partial charge in [-0.2, -0.15) is 0 Å². The molecule has 1 aromatic rings. The second-order valence-electron chi connectivity index (χ2n) is 6.21. The average molecular weight is 314 g/mol. The van der Waals surface area contributed by atoms with E-state index < -0.39 is 11.5 Å². The first-order valence-corrected chi connectivity index (χ1v) is 8.01. The quantitative estimate of drug-likeness (QED) is 0.760. The Morgan fingerprint density at radius 1 is 1.35 bits per heavy atom. The number of nitrogens with two attached hydrogens (primary N) is 1. The van der Waals surface area contributed by atoms with Crippen molar-refractivity contribution >= 4 is 11.5 Å². The molecule has 4 heteroatoms. The van der Waals surface area contributed by atoms with Crippen molar-refractivity contribution < 1.29 is 9.53 Å². The number of methoxy groups -OCH3 is 1. The van der Waals surface area contributed by atoms with Crippen molar-refractivity contribution in [3.8, 4) is 0 Å². The molecule has 2 unspecified atom stereocenters. The summed E-state index contributed by atoms with van der Waals surface area (Å²) in [6.07, 6.45) is 6.15. The van der Waals surface area contributed by atoms with Gasteiger partial charge in [-0.25, -0.2) is 0 Å². The van der Waals surface area contributed by atoms with E-state index in [0.29, 0.717) is 13.2 Å². The highest BCUT2D eigenvalue weighted by Crippen LogP contribution is 2.36. The highest BCUT2D eigenvalue weighted by Gasteiger charge is 2.42. The Balaban J connectivity index is 2.36. The van der Waals surface area contributed by atoms with Gasteiger partial charge in [0.15, 0.2) is 0 Å². The molecule has 0 fully saturated rings. The summed E-state index contributed by atoms with van der Waals surface area (Å²) in [7, 11) is 1.67. The molecule has 0 saturated heterocycles. The van der Waals surface area contributed by atoms with Crippen molar-refractivity contribution in [1.29, 1.82) is 0 Å². The lowest BCUT2D eigenvalue weighted by atomic mass is 9.70. The standard InChI is InChI=1S/C19H26N2O2/c1-14(2)19(21-11-12-23-3)10-9-16(13-17(19)18(20)22)15-7-5-4-6-8-15/h4-10,13-14,17,21H,11-12H2,1-3H3,(H2,20,22). The van der Waals surface area contributed by atoms with E-state index in [4.69, 9.17) is 10.5 Å². The summed E-state index contributed by atoms with van der Waals surface area (Å²) >= 11 is 0. The summed E-state index contributed by atoms with van der Waals surface area (Å²) in [6.45, 7) is 5.45. The number of carbonyl (C=O) groups is 1. The molecule has 1 aliphatic rings. The molecule has 0 saturated carbocycles. The molecule has 2 rings (SSSR count). The van der Waals surface area contributed by atoms with Crippen molar-refractivity contribution in [2.45, 2.75) is 19.4 Å². The second-order valence-corrected chi connectivity index (χ2v) is 6.21. The maximum Gasteiger partial charge on any atom is 0.226 e. The monoisotopic (exact) mass is 314 g/mol. The molecule has 0 spiro atoms. The molecule has 2 atom stereocenters. The average Bonchev–Trinajstić information content (AvgIpc) is 2.55. The number of nitrogens with one attached hydrogen (secondary N) is 1. The first-order chi connectivity index (χ1) is 11.0. The molecule has 1 aromatic carbocycles. The normalized spacial score (nSPS) is 23.8. The van der Waals surface area contributed by atoms with Crippen molar-refractivity contribution in [3.05, 3.63) is 54.1 Å². The fraction of sp³-hybridized carbons (Fsp3) is 0.421. The van der Waals surface area contributed by atoms with E-state index in [9.17, 15) is 4.79 Å². The van der Waals surface area contributed by atoms with E-state index in [2.05, 4.69) is 31.3 Å². The largest absolute Gasteiger partial charge is 0.383 e. The van der Waals surface area contributed by atoms with Gasteiger partial charge in [0.2, 0.25) is 5.91 Å². The van der Waals surface area contributed by atoms with Crippen LogP contribution in [-0.2, 0) is 9.53 Å². The highest BCUT2D eigenvalue weighted by molar-refractivity contribution is 5.87. The van der Waals surface area contributed by atoms with Gasteiger partial charge < -0.3 is 15.8 Å². The van der Waals surface area contributed by atoms with Crippen LogP contribution in [0.1, 0.15) is 19.4 Å². The van der Waals surface area contributed by atoms with Crippen LogP contribution in [0.3, 0.4) is 0 Å². The summed E-state index contributed by atoms with van der Waals surface area (Å²) in [5.41, 5.74) is 7.37. The zero-order valence-electron chi connectivity index (χ0n) is 14.1. The zero-order chi connectivity index (χ0) is 16.9. The fourth-order valence-electron chi connectivity index (χ4n) is 3.14. The molecule has 23 heavy (non-hydrogen) atoms. The number of amides is 1. The Kier molecular flexibility index (Phi) is 5.74. The summed E-state index contributed by atoms with van der Waals surface area (Å²) in [5, 5.41) is 3.48. The highest BCUT2D eigenvalue weighted by atomic mass is 16.5. The molecular formula is C19H26N2O2. The first-order valence-electron chi connectivity index (χ1n) is 8.01. The number of benzene rings is 1. The van der Waals surface area contributed by atoms with Gasteiger partial charge >= 0.3 is 0 Å². The summed E-state index contributed by atoms with van der Waals surface area (Å²) in [4.78, 5) is 12.2. The van der Waals surface area contributed by atoms with Gasteiger partial charge in [-0.05, 0) is 17.1 Å². The maximum atomic E-state index is 12.2. The molecule has 1 amide bonds. The van der Waals surface area contributed by atoms with Crippen molar-refractivity contribution in [2.75, 3.05) is 20.3 Å². The van der Waals surface area contributed by atoms with Crippen LogP contribution >= 0.6 is 0 Å². The minimum atomic E-state index is -0.483. The third-order valence-corrected chi connectivity index (χ3v) is 4.51. The van der Waals surface area contributed by atoms with Gasteiger partial charge in [0.25, 0.3) is 0 Å². The van der Waals surface area contributed by atoms with Crippen LogP contribution in [0.15, 0.2) is 48.6 Å². The Morgan fingerprint density at radius 3 is 2.61 bits per heavy atom. The molecular weight excluding hydrogens is 288 g/mol. The number of carbonyl (C=O) groups excluding carboxylic acids is 1. The number of ether oxygens (including phenoxy) is 1. The van der Waals surface area contributed by atoms with Gasteiger partial charge in [-0.1, -0.05) is 62.4 Å². The van der Waals surface area contributed by atoms with Crippen LogP contribution in [0.4, 0.5) is 0 Å². The number of rotatable bonds is 7. The minimum Gasteiger partial charge on any atom is -0.383 e. The Hall–Kier alpha value is -1.91. The van der Waals surface area contributed by atoms with Crippen LogP contribution in [0.2, 0.25) is 0 Å². The molecule has 0 heterocycles. The molecule has 0 aromatic heterocycles. The van der Waals surface area contributed by atoms with Crippen LogP contribution in [-0.4, -0.2) is 31.7 Å². The molecule has 124 valence electrons. The molecule has 3 N–H and O–H groups in total. The fourth-order valence-corrected chi connectivity index (χ4v) is 3.14. The Labute approximate surface area is 138 Å². The lowest BCUT2D eigenvalue weighted by Crippen LogP contribution is -2.58. The Morgan fingerprint density at radius 2 is 2.04 bits per heavy atom. The SMILES string of the molecule is COCCNC1(C(C)C)C=CC(c2ccccc2)=CC1C(N)=O. The van der Waals surface area contributed by atoms with E-state index in [1.54, 1.807) is 7.11 Å². The molecule has 1 aliphatic carbocycles. The number of primary amides is 1. The van der Waals surface area contributed by atoms with Crippen molar-refractivity contribution in [2.24, 2.45) is 17.6 Å². The van der Waals surface area contributed by atoms with E-state index in [1.807, 2.05) is 36.4 Å². The topological polar surface area (TPSA) is 64.3 Å². The lowest BCUT2D eigenvalue weighted by Gasteiger charge is -2.42. The van der Waals surface area contributed by atoms with Crippen LogP contribution in [0.5, 0.6) is 0 Å². The maximum absolute atomic E-state index is 12.2. The van der Waals surface area contributed by atoms with E-state index in [1.165, 1.54) is 0 Å². The van der Waals surface area contributed by atoms with Crippen molar-refractivity contribution in [1.82, 2.24) is 5.32 Å². The van der Waals surface area contributed by atoms with Gasteiger partial charge in [-0.15, -0.1) is 0 Å². The van der Waals surface area contributed by atoms with Gasteiger partial charge in [-0.3, -0.25) is 4.79 Å². The van der Waals surface area contributed by atoms with Gasteiger partial charge in [0.05, 0.1) is 18.1 Å². The van der Waals surface area contributed by atoms with E-state index in [0.717, 1.165) is 11.1 Å². The van der Waals surface area contributed by atoms with Gasteiger partial charge in [0.1, 0.15) is 0 Å². The van der Waals surface area contributed by atoms with Crippen LogP contribution < -0.4 is 11.1 Å². The molecule has 0 radical (unpaired) electrons. The molecule has 4 nitrogen and oxygen atoms in total. The van der Waals surface area contributed by atoms with E-state index in [-0.39, 0.29) is 11.8 Å². The predicted molar refractivity (Wildman–Crippen MR) is 93.7 cm³/mol.